The number of ether oxygens (including phenoxy) is 1. The van der Waals surface area contributed by atoms with E-state index < -0.39 is 23.9 Å². The number of carbonyl (C=O) groups excluding carboxylic acids is 1. The summed E-state index contributed by atoms with van der Waals surface area (Å²) in [5, 5.41) is 30.2. The molecule has 4 rings (SSSR count). The number of rotatable bonds is 10. The summed E-state index contributed by atoms with van der Waals surface area (Å²) in [5.41, 5.74) is 3.26. The SMILES string of the molecule is CCOc1nc2ccc(N(C(=O)CC)C(C)CN3CCN(CCc4ccccc4)CC3)cc2s1.O=C(O)C(=O)O.O=C(O)C(=O)O. The van der Waals surface area contributed by atoms with Gasteiger partial charge in [-0.2, -0.15) is 0 Å². The molecule has 1 atom stereocenters. The van der Waals surface area contributed by atoms with Gasteiger partial charge in [-0.3, -0.25) is 9.69 Å². The first kappa shape index (κ1) is 37.6. The first-order valence-electron chi connectivity index (χ1n) is 14.6. The van der Waals surface area contributed by atoms with Crippen LogP contribution in [0.1, 0.15) is 32.8 Å². The van der Waals surface area contributed by atoms with Gasteiger partial charge in [-0.25, -0.2) is 24.2 Å². The Bertz CT molecular complexity index is 1410. The fraction of sp³-hybridized carbons (Fsp3) is 0.419. The van der Waals surface area contributed by atoms with E-state index in [0.717, 1.165) is 61.6 Å². The fourth-order valence-corrected chi connectivity index (χ4v) is 5.53. The topological polar surface area (TPSA) is 198 Å². The van der Waals surface area contributed by atoms with Crippen LogP contribution >= 0.6 is 11.3 Å². The number of hydrogen-bond donors (Lipinski definition) is 4. The van der Waals surface area contributed by atoms with Crippen LogP contribution in [0.2, 0.25) is 0 Å². The monoisotopic (exact) mass is 660 g/mol. The lowest BCUT2D eigenvalue weighted by atomic mass is 10.1. The van der Waals surface area contributed by atoms with Crippen molar-refractivity contribution in [1.29, 1.82) is 0 Å². The van der Waals surface area contributed by atoms with Crippen molar-refractivity contribution < 1.29 is 49.1 Å². The van der Waals surface area contributed by atoms with E-state index in [0.29, 0.717) is 18.2 Å². The molecule has 1 aromatic heterocycles. The molecule has 1 unspecified atom stereocenters. The number of aliphatic carboxylic acids is 4. The number of fused-ring (bicyclic) bond motifs is 1. The lowest BCUT2D eigenvalue weighted by Gasteiger charge is -2.38. The molecule has 0 aliphatic carbocycles. The molecule has 15 heteroatoms. The van der Waals surface area contributed by atoms with Crippen LogP contribution in [0.5, 0.6) is 5.19 Å². The number of thiazole rings is 1. The number of hydrogen-bond acceptors (Lipinski definition) is 10. The predicted octanol–water partition coefficient (Wildman–Crippen LogP) is 3.00. The maximum absolute atomic E-state index is 13.0. The highest BCUT2D eigenvalue weighted by Gasteiger charge is 2.25. The smallest absolute Gasteiger partial charge is 0.414 e. The predicted molar refractivity (Wildman–Crippen MR) is 172 cm³/mol. The van der Waals surface area contributed by atoms with Crippen molar-refractivity contribution in [3.63, 3.8) is 0 Å². The minimum Gasteiger partial charge on any atom is -0.473 e. The van der Waals surface area contributed by atoms with Gasteiger partial charge in [0.2, 0.25) is 5.91 Å². The molecule has 250 valence electrons. The van der Waals surface area contributed by atoms with Crippen molar-refractivity contribution in [1.82, 2.24) is 14.8 Å². The molecule has 0 spiro atoms. The van der Waals surface area contributed by atoms with E-state index >= 15 is 0 Å². The molecule has 1 aliphatic heterocycles. The first-order chi connectivity index (χ1) is 21.9. The van der Waals surface area contributed by atoms with E-state index in [1.807, 2.05) is 30.9 Å². The van der Waals surface area contributed by atoms with Gasteiger partial charge in [0, 0.05) is 57.4 Å². The van der Waals surface area contributed by atoms with Crippen LogP contribution in [0.25, 0.3) is 10.2 Å². The molecule has 3 aromatic rings. The quantitative estimate of drug-likeness (QED) is 0.232. The maximum atomic E-state index is 13.0. The second-order valence-electron chi connectivity index (χ2n) is 10.1. The number of aromatic nitrogens is 1. The molecular weight excluding hydrogens is 620 g/mol. The third-order valence-corrected chi connectivity index (χ3v) is 7.75. The Balaban J connectivity index is 0.000000522. The van der Waals surface area contributed by atoms with Crippen LogP contribution in [0.3, 0.4) is 0 Å². The van der Waals surface area contributed by atoms with E-state index in [4.69, 9.17) is 44.3 Å². The van der Waals surface area contributed by atoms with Crippen molar-refractivity contribution in [2.75, 3.05) is 50.8 Å². The van der Waals surface area contributed by atoms with Crippen LogP contribution < -0.4 is 9.64 Å². The van der Waals surface area contributed by atoms with Gasteiger partial charge in [0.15, 0.2) is 0 Å². The summed E-state index contributed by atoms with van der Waals surface area (Å²) in [5.74, 6) is -7.14. The van der Waals surface area contributed by atoms with Crippen LogP contribution in [0.4, 0.5) is 5.69 Å². The standard InChI is InChI=1S/C27H36N4O2S.2C2H2O4/c1-4-26(32)31(23-11-12-24-25(19-23)34-27(28-24)33-5-2)21(3)20-30-17-15-29(16-18-30)14-13-22-9-7-6-8-10-22;2*3-1(4)2(5)6/h6-12,19,21H,4-5,13-18,20H2,1-3H3;2*(H,3,4)(H,5,6). The summed E-state index contributed by atoms with van der Waals surface area (Å²) in [6, 6.07) is 16.9. The highest BCUT2D eigenvalue weighted by atomic mass is 32.1. The average molecular weight is 661 g/mol. The number of nitrogens with zero attached hydrogens (tertiary/aromatic N) is 4. The van der Waals surface area contributed by atoms with Crippen LogP contribution in [-0.2, 0) is 30.4 Å². The van der Waals surface area contributed by atoms with Gasteiger partial charge in [0.1, 0.15) is 0 Å². The normalized spacial score (nSPS) is 13.7. The number of piperazine rings is 1. The zero-order valence-corrected chi connectivity index (χ0v) is 26.8. The molecule has 14 nitrogen and oxygen atoms in total. The van der Waals surface area contributed by atoms with Gasteiger partial charge in [0.25, 0.3) is 5.19 Å². The summed E-state index contributed by atoms with van der Waals surface area (Å²) in [7, 11) is 0. The van der Waals surface area contributed by atoms with E-state index in [-0.39, 0.29) is 11.9 Å². The summed E-state index contributed by atoms with van der Waals surface area (Å²) < 4.78 is 6.63. The second-order valence-corrected chi connectivity index (χ2v) is 11.1. The minimum atomic E-state index is -1.82. The Morgan fingerprint density at radius 2 is 1.43 bits per heavy atom. The zero-order chi connectivity index (χ0) is 34.2. The molecule has 46 heavy (non-hydrogen) atoms. The molecule has 2 heterocycles. The Kier molecular flexibility index (Phi) is 15.6. The summed E-state index contributed by atoms with van der Waals surface area (Å²) >= 11 is 1.54. The van der Waals surface area contributed by atoms with Crippen molar-refractivity contribution in [3.05, 3.63) is 54.1 Å². The molecule has 0 radical (unpaired) electrons. The summed E-state index contributed by atoms with van der Waals surface area (Å²) in [4.78, 5) is 60.9. The van der Waals surface area contributed by atoms with Crippen molar-refractivity contribution >= 4 is 57.0 Å². The Morgan fingerprint density at radius 1 is 0.870 bits per heavy atom. The van der Waals surface area contributed by atoms with E-state index in [1.54, 1.807) is 0 Å². The number of carboxylic acid groups (broad SMARTS) is 4. The highest BCUT2D eigenvalue weighted by Crippen LogP contribution is 2.32. The Labute approximate surface area is 270 Å². The van der Waals surface area contributed by atoms with E-state index in [9.17, 15) is 4.79 Å². The summed E-state index contributed by atoms with van der Waals surface area (Å²) in [6.07, 6.45) is 1.59. The largest absolute Gasteiger partial charge is 0.473 e. The number of carboxylic acids is 4. The van der Waals surface area contributed by atoms with Crippen LogP contribution in [-0.4, -0.2) is 117 Å². The van der Waals surface area contributed by atoms with Gasteiger partial charge >= 0.3 is 23.9 Å². The summed E-state index contributed by atoms with van der Waals surface area (Å²) in [6.45, 7) is 12.9. The van der Waals surface area contributed by atoms with Crippen molar-refractivity contribution in [2.24, 2.45) is 0 Å². The molecule has 0 bridgehead atoms. The number of carbonyl (C=O) groups is 5. The first-order valence-corrected chi connectivity index (χ1v) is 15.4. The van der Waals surface area contributed by atoms with Crippen LogP contribution in [0, 0.1) is 0 Å². The molecule has 1 fully saturated rings. The molecular formula is C31H40N4O10S. The van der Waals surface area contributed by atoms with Crippen LogP contribution in [0.15, 0.2) is 48.5 Å². The zero-order valence-electron chi connectivity index (χ0n) is 26.0. The third kappa shape index (κ3) is 12.4. The van der Waals surface area contributed by atoms with E-state index in [1.165, 1.54) is 16.9 Å². The van der Waals surface area contributed by atoms with Gasteiger partial charge in [-0.1, -0.05) is 48.6 Å². The molecule has 4 N–H and O–H groups in total. The minimum absolute atomic E-state index is 0.0973. The molecule has 1 saturated heterocycles. The molecule has 2 aromatic carbocycles. The van der Waals surface area contributed by atoms with Gasteiger partial charge in [0.05, 0.1) is 16.8 Å². The van der Waals surface area contributed by atoms with Crippen molar-refractivity contribution in [2.45, 2.75) is 39.7 Å². The van der Waals surface area contributed by atoms with Gasteiger partial charge in [-0.05, 0) is 44.0 Å². The lowest BCUT2D eigenvalue weighted by molar-refractivity contribution is -0.159. The van der Waals surface area contributed by atoms with Gasteiger partial charge in [-0.15, -0.1) is 0 Å². The Morgan fingerprint density at radius 3 is 1.96 bits per heavy atom. The molecule has 0 saturated carbocycles. The second kappa shape index (κ2) is 19.0. The van der Waals surface area contributed by atoms with E-state index in [2.05, 4.69) is 58.1 Å². The number of anilines is 1. The number of benzene rings is 2. The molecule has 1 aliphatic rings. The highest BCUT2D eigenvalue weighted by molar-refractivity contribution is 7.20. The average Bonchev–Trinajstić information content (AvgIpc) is 3.43. The third-order valence-electron chi connectivity index (χ3n) is 6.82. The Hall–Kier alpha value is -4.60. The van der Waals surface area contributed by atoms with Gasteiger partial charge < -0.3 is 35.0 Å². The van der Waals surface area contributed by atoms with Crippen molar-refractivity contribution in [3.8, 4) is 5.19 Å². The fourth-order valence-electron chi connectivity index (χ4n) is 4.62. The maximum Gasteiger partial charge on any atom is 0.414 e. The lowest BCUT2D eigenvalue weighted by Crippen LogP contribution is -2.52. The molecule has 1 amide bonds. The number of amides is 1.